The second-order valence-corrected chi connectivity index (χ2v) is 2.16. The quantitative estimate of drug-likeness (QED) is 0.231. The topological polar surface area (TPSA) is 77.8 Å². The largest absolute Gasteiger partial charge is 1.00 e. The molecule has 0 saturated heterocycles. The molecule has 11 heavy (non-hydrogen) atoms. The Morgan fingerprint density at radius 1 is 1.18 bits per heavy atom. The zero-order chi connectivity index (χ0) is 9.00. The van der Waals surface area contributed by atoms with E-state index >= 15 is 0 Å². The van der Waals surface area contributed by atoms with Crippen LogP contribution in [0.5, 0.6) is 0 Å². The molecular weight excluding hydrogens is 199 g/mol. The summed E-state index contributed by atoms with van der Waals surface area (Å²) in [5, 5.41) is 0. The van der Waals surface area contributed by atoms with Crippen molar-refractivity contribution in [3.63, 3.8) is 0 Å². The van der Waals surface area contributed by atoms with Crippen LogP contribution in [0, 0.1) is 6.92 Å². The number of halogens is 3. The summed E-state index contributed by atoms with van der Waals surface area (Å²) >= 11 is 0. The van der Waals surface area contributed by atoms with Crippen LogP contribution in [0.3, 0.4) is 0 Å². The third kappa shape index (κ3) is 1070. The van der Waals surface area contributed by atoms with Crippen molar-refractivity contribution in [1.29, 1.82) is 0 Å². The van der Waals surface area contributed by atoms with Crippen molar-refractivity contribution in [1.82, 2.24) is 0 Å². The van der Waals surface area contributed by atoms with Gasteiger partial charge in [0.25, 0.3) is 6.18 Å². The molecule has 0 atom stereocenters. The van der Waals surface area contributed by atoms with Gasteiger partial charge in [0.15, 0.2) is 0 Å². The Kier molecular flexibility index (Phi) is 10.4. The first-order valence-corrected chi connectivity index (χ1v) is 3.27. The van der Waals surface area contributed by atoms with E-state index in [4.69, 9.17) is 19.2 Å². The van der Waals surface area contributed by atoms with Crippen molar-refractivity contribution in [3.05, 3.63) is 6.92 Å². The molecule has 9 heteroatoms. The van der Waals surface area contributed by atoms with Crippen LogP contribution in [-0.2, 0) is 4.57 Å². The van der Waals surface area contributed by atoms with Crippen molar-refractivity contribution in [2.45, 2.75) is 6.18 Å². The molecule has 3 N–H and O–H groups in total. The summed E-state index contributed by atoms with van der Waals surface area (Å²) in [6.07, 6.45) is -4.25. The van der Waals surface area contributed by atoms with Gasteiger partial charge in [0.05, 0.1) is 0 Å². The Balaban J connectivity index is -0.000000107. The molecule has 0 saturated carbocycles. The van der Waals surface area contributed by atoms with E-state index in [0.29, 0.717) is 0 Å². The normalized spacial score (nSPS) is 10.8. The third-order valence-electron chi connectivity index (χ3n) is 0. The average molecular weight is 204 g/mol. The molecule has 64 valence electrons. The van der Waals surface area contributed by atoms with Gasteiger partial charge in [-0.05, 0) is 0 Å². The van der Waals surface area contributed by atoms with E-state index in [2.05, 4.69) is 0 Å². The van der Waals surface area contributed by atoms with Crippen LogP contribution in [0.4, 0.5) is 13.2 Å². The first-order valence-electron chi connectivity index (χ1n) is 1.70. The molecule has 0 amide bonds. The fraction of sp³-hybridized carbons (Fsp3) is 0.500. The number of hydrogen-bond donors (Lipinski definition) is 3. The van der Waals surface area contributed by atoms with E-state index in [1.54, 1.807) is 6.92 Å². The van der Waals surface area contributed by atoms with E-state index < -0.39 is 14.0 Å². The summed E-state index contributed by atoms with van der Waals surface area (Å²) in [7, 11) is -4.64. The van der Waals surface area contributed by atoms with Gasteiger partial charge < -0.3 is 14.7 Å². The van der Waals surface area contributed by atoms with E-state index in [-0.39, 0.29) is 29.6 Å². The first-order chi connectivity index (χ1) is 4.00. The second-order valence-electron chi connectivity index (χ2n) is 1.13. The molecule has 0 heterocycles. The maximum atomic E-state index is 10.2. The van der Waals surface area contributed by atoms with E-state index in [0.717, 1.165) is 0 Å². The van der Waals surface area contributed by atoms with E-state index in [9.17, 15) is 13.2 Å². The van der Waals surface area contributed by atoms with Crippen LogP contribution in [0.25, 0.3) is 0 Å². The van der Waals surface area contributed by atoms with Crippen molar-refractivity contribution in [2.75, 3.05) is 0 Å². The Morgan fingerprint density at radius 3 is 1.18 bits per heavy atom. The molecule has 0 bridgehead atoms. The molecule has 0 radical (unpaired) electrons. The van der Waals surface area contributed by atoms with Crippen LogP contribution in [0.15, 0.2) is 0 Å². The third-order valence-corrected chi connectivity index (χ3v) is 0. The average Bonchev–Trinajstić information content (AvgIpc) is 1.12. The van der Waals surface area contributed by atoms with Crippen molar-refractivity contribution >= 4 is 7.82 Å². The van der Waals surface area contributed by atoms with Gasteiger partial charge in [-0.2, -0.15) is 0 Å². The monoisotopic (exact) mass is 204 g/mol. The maximum absolute atomic E-state index is 10.2. The molecule has 0 spiro atoms. The van der Waals surface area contributed by atoms with Crippen LogP contribution >= 0.6 is 7.82 Å². The summed E-state index contributed by atoms with van der Waals surface area (Å²) in [6.45, 7) is 1.77. The van der Waals surface area contributed by atoms with Crippen LogP contribution in [-0.4, -0.2) is 20.9 Å². The molecule has 4 nitrogen and oxygen atoms in total. The van der Waals surface area contributed by atoms with Gasteiger partial charge in [0.1, 0.15) is 0 Å². The van der Waals surface area contributed by atoms with Gasteiger partial charge in [-0.15, -0.1) is 0 Å². The second kappa shape index (κ2) is 6.42. The Bertz CT molecular complexity index is 116. The van der Waals surface area contributed by atoms with E-state index in [1.807, 2.05) is 0 Å². The van der Waals surface area contributed by atoms with Crippen LogP contribution in [0.2, 0.25) is 0 Å². The Hall–Kier alpha value is 0.900. The molecule has 0 aromatic carbocycles. The molecular formula is C2H5F3NaO4P. The molecule has 0 aromatic heterocycles. The zero-order valence-electron chi connectivity index (χ0n) is 5.54. The molecule has 0 aromatic rings. The fourth-order valence-corrected chi connectivity index (χ4v) is 0. The van der Waals surface area contributed by atoms with Crippen LogP contribution in [0.1, 0.15) is 0 Å². The van der Waals surface area contributed by atoms with Crippen molar-refractivity contribution in [2.24, 2.45) is 0 Å². The summed E-state index contributed by atoms with van der Waals surface area (Å²) in [6, 6.07) is 0. The minimum atomic E-state index is -4.64. The summed E-state index contributed by atoms with van der Waals surface area (Å²) in [5.41, 5.74) is 0. The van der Waals surface area contributed by atoms with E-state index in [1.165, 1.54) is 0 Å². The first kappa shape index (κ1) is 17.8. The number of rotatable bonds is 0. The molecule has 0 rings (SSSR count). The number of phosphoric acid groups is 1. The Morgan fingerprint density at radius 2 is 1.18 bits per heavy atom. The summed E-state index contributed by atoms with van der Waals surface area (Å²) in [5.74, 6) is 0. The molecule has 0 fully saturated rings. The molecule has 0 aliphatic heterocycles. The molecule has 0 aliphatic carbocycles. The summed E-state index contributed by atoms with van der Waals surface area (Å²) in [4.78, 5) is 21.6. The fourth-order valence-electron chi connectivity index (χ4n) is 0. The van der Waals surface area contributed by atoms with Gasteiger partial charge in [-0.25, -0.2) is 24.7 Å². The smallest absolute Gasteiger partial charge is 0.303 e. The van der Waals surface area contributed by atoms with Gasteiger partial charge in [0.2, 0.25) is 0 Å². The van der Waals surface area contributed by atoms with Crippen molar-refractivity contribution in [3.8, 4) is 0 Å². The predicted molar refractivity (Wildman–Crippen MR) is 25.7 cm³/mol. The minimum absolute atomic E-state index is 0. The predicted octanol–water partition coefficient (Wildman–Crippen LogP) is -2.54. The number of alkyl halides is 3. The SMILES string of the molecule is O=P(O)(O)O.[CH2-]C(F)(F)F.[Na+]. The van der Waals surface area contributed by atoms with Gasteiger partial charge in [-0.1, -0.05) is 0 Å². The molecule has 0 unspecified atom stereocenters. The van der Waals surface area contributed by atoms with Crippen LogP contribution < -0.4 is 29.6 Å². The van der Waals surface area contributed by atoms with Crippen molar-refractivity contribution < 1.29 is 62.0 Å². The van der Waals surface area contributed by atoms with Gasteiger partial charge in [0, 0.05) is 0 Å². The van der Waals surface area contributed by atoms with Gasteiger partial charge >= 0.3 is 37.4 Å². The summed E-state index contributed by atoms with van der Waals surface area (Å²) < 4.78 is 39.6. The minimum Gasteiger partial charge on any atom is -0.303 e. The van der Waals surface area contributed by atoms with Gasteiger partial charge in [-0.3, -0.25) is 0 Å². The number of hydrogen-bond acceptors (Lipinski definition) is 1. The standard InChI is InChI=1S/C2H2F3.Na.H3O4P/c1-2(3,4)5;;1-5(2,3)4/h1H2;;(H3,1,2,3,4)/q-1;+1;. The maximum Gasteiger partial charge on any atom is 1.00 e. The zero-order valence-corrected chi connectivity index (χ0v) is 8.43. The molecule has 0 aliphatic rings. The Labute approximate surface area is 83.0 Å².